The number of para-hydroxylation sites is 1. The summed E-state index contributed by atoms with van der Waals surface area (Å²) in [7, 11) is 0. The number of carbonyl (C=O) groups excluding carboxylic acids is 1. The summed E-state index contributed by atoms with van der Waals surface area (Å²) in [5, 5.41) is 13.7. The van der Waals surface area contributed by atoms with E-state index in [1.54, 1.807) is 11.1 Å². The molecule has 0 spiro atoms. The third-order valence-electron chi connectivity index (χ3n) is 4.71. The monoisotopic (exact) mass is 371 g/mol. The maximum absolute atomic E-state index is 13.7. The van der Waals surface area contributed by atoms with Gasteiger partial charge in [-0.3, -0.25) is 5.10 Å². The van der Waals surface area contributed by atoms with Crippen LogP contribution in [0.4, 0.5) is 25.0 Å². The standard InChI is InChI=1S/C19H19F2N5O/c20-15-4-1-5-16(21)18(15)24-19(27)26-8-2-3-14(11-26)23-13-6-7-17-12(9-13)10-22-25-17/h1,4-7,9-10,14,23H,2-3,8,11H2,(H,22,25)(H,24,27). The number of hydrogen-bond acceptors (Lipinski definition) is 3. The predicted octanol–water partition coefficient (Wildman–Crippen LogP) is 3.95. The second-order valence-corrected chi connectivity index (χ2v) is 6.63. The lowest BCUT2D eigenvalue weighted by molar-refractivity contribution is 0.195. The number of H-pyrrole nitrogens is 1. The molecule has 0 aliphatic carbocycles. The third kappa shape index (κ3) is 3.69. The van der Waals surface area contributed by atoms with Gasteiger partial charge in [0.15, 0.2) is 0 Å². The maximum atomic E-state index is 13.7. The number of nitrogens with one attached hydrogen (secondary N) is 3. The number of hydrogen-bond donors (Lipinski definition) is 3. The van der Waals surface area contributed by atoms with Gasteiger partial charge in [-0.15, -0.1) is 0 Å². The lowest BCUT2D eigenvalue weighted by Gasteiger charge is -2.33. The quantitative estimate of drug-likeness (QED) is 0.653. The topological polar surface area (TPSA) is 73.1 Å². The van der Waals surface area contributed by atoms with Crippen molar-refractivity contribution in [3.63, 3.8) is 0 Å². The van der Waals surface area contributed by atoms with Crippen molar-refractivity contribution in [3.8, 4) is 0 Å². The molecule has 1 saturated heterocycles. The van der Waals surface area contributed by atoms with E-state index >= 15 is 0 Å². The number of aromatic amines is 1. The highest BCUT2D eigenvalue weighted by molar-refractivity contribution is 5.89. The van der Waals surface area contributed by atoms with Gasteiger partial charge < -0.3 is 15.5 Å². The second-order valence-electron chi connectivity index (χ2n) is 6.63. The van der Waals surface area contributed by atoms with Crippen LogP contribution < -0.4 is 10.6 Å². The van der Waals surface area contributed by atoms with Gasteiger partial charge in [0.25, 0.3) is 0 Å². The molecule has 0 saturated carbocycles. The van der Waals surface area contributed by atoms with Gasteiger partial charge in [0.2, 0.25) is 0 Å². The summed E-state index contributed by atoms with van der Waals surface area (Å²) in [6.07, 6.45) is 3.46. The summed E-state index contributed by atoms with van der Waals surface area (Å²) in [6, 6.07) is 8.93. The highest BCUT2D eigenvalue weighted by Crippen LogP contribution is 2.22. The Morgan fingerprint density at radius 1 is 1.22 bits per heavy atom. The first kappa shape index (κ1) is 17.3. The number of anilines is 2. The summed E-state index contributed by atoms with van der Waals surface area (Å²) in [5.41, 5.74) is 1.48. The number of halogens is 2. The van der Waals surface area contributed by atoms with Crippen molar-refractivity contribution in [2.45, 2.75) is 18.9 Å². The van der Waals surface area contributed by atoms with Crippen LogP contribution in [0.15, 0.2) is 42.6 Å². The molecule has 1 aromatic heterocycles. The van der Waals surface area contributed by atoms with Crippen molar-refractivity contribution >= 4 is 28.3 Å². The number of likely N-dealkylation sites (tertiary alicyclic amines) is 1. The van der Waals surface area contributed by atoms with Crippen LogP contribution in [0.1, 0.15) is 12.8 Å². The van der Waals surface area contributed by atoms with E-state index in [1.807, 2.05) is 18.2 Å². The van der Waals surface area contributed by atoms with Crippen LogP contribution in [0.2, 0.25) is 0 Å². The Hall–Kier alpha value is -3.16. The second kappa shape index (κ2) is 7.22. The van der Waals surface area contributed by atoms with Crippen LogP contribution in [-0.2, 0) is 0 Å². The largest absolute Gasteiger partial charge is 0.381 e. The van der Waals surface area contributed by atoms with Crippen LogP contribution in [0.5, 0.6) is 0 Å². The van der Waals surface area contributed by atoms with Gasteiger partial charge in [-0.2, -0.15) is 5.10 Å². The Balaban J connectivity index is 1.42. The smallest absolute Gasteiger partial charge is 0.322 e. The maximum Gasteiger partial charge on any atom is 0.322 e. The average molecular weight is 371 g/mol. The first-order valence-electron chi connectivity index (χ1n) is 8.80. The number of aromatic nitrogens is 2. The molecule has 140 valence electrons. The zero-order chi connectivity index (χ0) is 18.8. The molecule has 1 aliphatic heterocycles. The van der Waals surface area contributed by atoms with Crippen LogP contribution in [0.3, 0.4) is 0 Å². The number of benzene rings is 2. The molecule has 1 fully saturated rings. The number of carbonyl (C=O) groups is 1. The molecule has 0 bridgehead atoms. The van der Waals surface area contributed by atoms with Gasteiger partial charge in [0, 0.05) is 30.2 Å². The number of piperidine rings is 1. The molecular formula is C19H19F2N5O. The summed E-state index contributed by atoms with van der Waals surface area (Å²) >= 11 is 0. The molecule has 8 heteroatoms. The Bertz CT molecular complexity index is 953. The molecule has 1 unspecified atom stereocenters. The SMILES string of the molecule is O=C(Nc1c(F)cccc1F)N1CCCC(Nc2ccc3[nH]ncc3c2)C1. The van der Waals surface area contributed by atoms with E-state index in [9.17, 15) is 13.6 Å². The van der Waals surface area contributed by atoms with Crippen molar-refractivity contribution < 1.29 is 13.6 Å². The average Bonchev–Trinajstić information content (AvgIpc) is 3.13. The molecular weight excluding hydrogens is 352 g/mol. The van der Waals surface area contributed by atoms with E-state index in [-0.39, 0.29) is 6.04 Å². The molecule has 27 heavy (non-hydrogen) atoms. The van der Waals surface area contributed by atoms with E-state index in [2.05, 4.69) is 20.8 Å². The van der Waals surface area contributed by atoms with Crippen molar-refractivity contribution in [1.82, 2.24) is 15.1 Å². The van der Waals surface area contributed by atoms with Crippen molar-refractivity contribution in [3.05, 3.63) is 54.2 Å². The Morgan fingerprint density at radius 3 is 2.85 bits per heavy atom. The molecule has 3 aromatic rings. The van der Waals surface area contributed by atoms with Crippen LogP contribution in [0, 0.1) is 11.6 Å². The molecule has 0 radical (unpaired) electrons. The first-order chi connectivity index (χ1) is 13.1. The van der Waals surface area contributed by atoms with E-state index < -0.39 is 23.4 Å². The zero-order valence-corrected chi connectivity index (χ0v) is 14.5. The highest BCUT2D eigenvalue weighted by Gasteiger charge is 2.25. The van der Waals surface area contributed by atoms with Gasteiger partial charge in [0.05, 0.1) is 11.7 Å². The number of nitrogens with zero attached hydrogens (tertiary/aromatic N) is 2. The molecule has 1 aliphatic rings. The van der Waals surface area contributed by atoms with Crippen LogP contribution in [0.25, 0.3) is 10.9 Å². The van der Waals surface area contributed by atoms with Gasteiger partial charge >= 0.3 is 6.03 Å². The van der Waals surface area contributed by atoms with Gasteiger partial charge in [-0.05, 0) is 43.2 Å². The van der Waals surface area contributed by atoms with E-state index in [0.29, 0.717) is 13.1 Å². The van der Waals surface area contributed by atoms with Gasteiger partial charge in [0.1, 0.15) is 17.3 Å². The van der Waals surface area contributed by atoms with Crippen molar-refractivity contribution in [2.75, 3.05) is 23.7 Å². The van der Waals surface area contributed by atoms with Crippen LogP contribution >= 0.6 is 0 Å². The van der Waals surface area contributed by atoms with Gasteiger partial charge in [-0.1, -0.05) is 6.07 Å². The van der Waals surface area contributed by atoms with E-state index in [4.69, 9.17) is 0 Å². The summed E-state index contributed by atoms with van der Waals surface area (Å²) in [5.74, 6) is -1.58. The lowest BCUT2D eigenvalue weighted by Crippen LogP contribution is -2.47. The molecule has 4 rings (SSSR count). The number of rotatable bonds is 3. The third-order valence-corrected chi connectivity index (χ3v) is 4.71. The normalized spacial score (nSPS) is 17.1. The summed E-state index contributed by atoms with van der Waals surface area (Å²) in [4.78, 5) is 14.0. The number of fused-ring (bicyclic) bond motifs is 1. The van der Waals surface area contributed by atoms with E-state index in [1.165, 1.54) is 6.07 Å². The molecule has 2 aromatic carbocycles. The minimum atomic E-state index is -0.788. The first-order valence-corrected chi connectivity index (χ1v) is 8.80. The molecule has 1 atom stereocenters. The zero-order valence-electron chi connectivity index (χ0n) is 14.5. The molecule has 6 nitrogen and oxygen atoms in total. The fourth-order valence-electron chi connectivity index (χ4n) is 3.35. The molecule has 2 heterocycles. The van der Waals surface area contributed by atoms with E-state index in [0.717, 1.165) is 41.6 Å². The molecule has 2 amide bonds. The van der Waals surface area contributed by atoms with Crippen molar-refractivity contribution in [2.24, 2.45) is 0 Å². The Morgan fingerprint density at radius 2 is 2.04 bits per heavy atom. The molecule has 3 N–H and O–H groups in total. The summed E-state index contributed by atoms with van der Waals surface area (Å²) in [6.45, 7) is 0.992. The Labute approximate surface area is 154 Å². The lowest BCUT2D eigenvalue weighted by atomic mass is 10.1. The fraction of sp³-hybridized carbons (Fsp3) is 0.263. The number of urea groups is 1. The predicted molar refractivity (Wildman–Crippen MR) is 99.7 cm³/mol. The minimum absolute atomic E-state index is 0.0549. The fourth-order valence-corrected chi connectivity index (χ4v) is 3.35. The highest BCUT2D eigenvalue weighted by atomic mass is 19.1. The minimum Gasteiger partial charge on any atom is -0.381 e. The Kier molecular flexibility index (Phi) is 4.62. The van der Waals surface area contributed by atoms with Crippen LogP contribution in [-0.4, -0.2) is 40.3 Å². The summed E-state index contributed by atoms with van der Waals surface area (Å²) < 4.78 is 27.5. The van der Waals surface area contributed by atoms with Crippen molar-refractivity contribution in [1.29, 1.82) is 0 Å². The van der Waals surface area contributed by atoms with Gasteiger partial charge in [-0.25, -0.2) is 13.6 Å². The number of amides is 2.